The lowest BCUT2D eigenvalue weighted by Crippen LogP contribution is -2.33. The maximum absolute atomic E-state index is 4.77. The molecule has 1 saturated carbocycles. The molecule has 0 aliphatic heterocycles. The zero-order chi connectivity index (χ0) is 16.4. The van der Waals surface area contributed by atoms with Crippen molar-refractivity contribution in [1.82, 2.24) is 0 Å². The van der Waals surface area contributed by atoms with Crippen LogP contribution in [-0.4, -0.2) is 22.2 Å². The molecular formula is C20H32NP. The number of hydrogen-bond donors (Lipinski definition) is 0. The van der Waals surface area contributed by atoms with Crippen LogP contribution in [0.5, 0.6) is 0 Å². The normalized spacial score (nSPS) is 23.6. The Morgan fingerprint density at radius 2 is 1.55 bits per heavy atom. The molecule has 2 heteroatoms. The van der Waals surface area contributed by atoms with Crippen molar-refractivity contribution in [2.75, 3.05) is 0 Å². The summed E-state index contributed by atoms with van der Waals surface area (Å²) < 4.78 is 0. The summed E-state index contributed by atoms with van der Waals surface area (Å²) in [6.45, 7) is 14.6. The summed E-state index contributed by atoms with van der Waals surface area (Å²) in [5, 5.41) is 0.808. The van der Waals surface area contributed by atoms with E-state index < -0.39 is 0 Å². The summed E-state index contributed by atoms with van der Waals surface area (Å²) in [5.74, 6) is 0.657. The molecule has 0 spiro atoms. The summed E-state index contributed by atoms with van der Waals surface area (Å²) in [5.41, 5.74) is 1.91. The molecule has 0 saturated heterocycles. The molecule has 122 valence electrons. The first-order valence-corrected chi connectivity index (χ1v) is 9.99. The van der Waals surface area contributed by atoms with Crippen LogP contribution in [0, 0.1) is 5.92 Å². The van der Waals surface area contributed by atoms with E-state index >= 15 is 0 Å². The number of hydrogen-bond acceptors (Lipinski definition) is 1. The van der Waals surface area contributed by atoms with Crippen LogP contribution in [0.25, 0.3) is 0 Å². The number of rotatable bonds is 3. The van der Waals surface area contributed by atoms with Gasteiger partial charge in [-0.15, -0.1) is 0 Å². The Hall–Kier alpha value is -0.680. The van der Waals surface area contributed by atoms with E-state index in [2.05, 4.69) is 78.1 Å². The van der Waals surface area contributed by atoms with E-state index in [4.69, 9.17) is 4.99 Å². The molecule has 1 aliphatic rings. The quantitative estimate of drug-likeness (QED) is 0.438. The van der Waals surface area contributed by atoms with Crippen LogP contribution in [0.15, 0.2) is 35.3 Å². The molecule has 0 radical (unpaired) electrons. The van der Waals surface area contributed by atoms with Crippen molar-refractivity contribution in [3.8, 4) is 0 Å². The van der Waals surface area contributed by atoms with Crippen molar-refractivity contribution in [1.29, 1.82) is 0 Å². The molecule has 0 aromatic heterocycles. The third-order valence-electron chi connectivity index (χ3n) is 4.48. The number of para-hydroxylation sites is 1. The van der Waals surface area contributed by atoms with E-state index in [0.29, 0.717) is 16.2 Å². The molecule has 0 bridgehead atoms. The lowest BCUT2D eigenvalue weighted by molar-refractivity contribution is 0.654. The van der Waals surface area contributed by atoms with E-state index in [0.717, 1.165) is 11.3 Å². The first kappa shape index (κ1) is 17.7. The number of aliphatic imine (C=N–C) groups is 1. The standard InChI is InChI=1S/C20H32NP/c1-19(2,3)22(20(4,5)6)18-14-10-11-16(18)15-21-17-12-8-7-9-13-17/h7-9,12-13,15-16,18H,10-11,14H2,1-6H3. The second kappa shape index (κ2) is 6.83. The number of nitrogens with zero attached hydrogens (tertiary/aromatic N) is 1. The van der Waals surface area contributed by atoms with Gasteiger partial charge in [0.25, 0.3) is 0 Å². The fourth-order valence-electron chi connectivity index (χ4n) is 4.16. The highest BCUT2D eigenvalue weighted by atomic mass is 31.1. The zero-order valence-corrected chi connectivity index (χ0v) is 16.0. The summed E-state index contributed by atoms with van der Waals surface area (Å²) in [7, 11) is -0.0549. The first-order valence-electron chi connectivity index (χ1n) is 8.58. The van der Waals surface area contributed by atoms with E-state index in [1.165, 1.54) is 19.3 Å². The largest absolute Gasteiger partial charge is 0.261 e. The van der Waals surface area contributed by atoms with Crippen molar-refractivity contribution < 1.29 is 0 Å². The van der Waals surface area contributed by atoms with Gasteiger partial charge in [0.05, 0.1) is 5.69 Å². The molecule has 0 heterocycles. The summed E-state index contributed by atoms with van der Waals surface area (Å²) >= 11 is 0. The lowest BCUT2D eigenvalue weighted by atomic mass is 10.1. The molecule has 1 nitrogen and oxygen atoms in total. The van der Waals surface area contributed by atoms with Gasteiger partial charge in [-0.05, 0) is 40.9 Å². The van der Waals surface area contributed by atoms with E-state index in [-0.39, 0.29) is 7.92 Å². The first-order chi connectivity index (χ1) is 10.2. The fourth-order valence-corrected chi connectivity index (χ4v) is 9.21. The van der Waals surface area contributed by atoms with Crippen molar-refractivity contribution in [3.63, 3.8) is 0 Å². The lowest BCUT2D eigenvalue weighted by Gasteiger charge is -2.46. The molecule has 0 amide bonds. The highest BCUT2D eigenvalue weighted by Gasteiger charge is 2.44. The molecule has 1 aromatic carbocycles. The van der Waals surface area contributed by atoms with Crippen LogP contribution in [0.3, 0.4) is 0 Å². The van der Waals surface area contributed by atoms with Crippen LogP contribution >= 0.6 is 7.92 Å². The van der Waals surface area contributed by atoms with Gasteiger partial charge in [-0.2, -0.15) is 0 Å². The van der Waals surface area contributed by atoms with Crippen LogP contribution in [0.2, 0.25) is 0 Å². The Morgan fingerprint density at radius 3 is 2.09 bits per heavy atom. The Morgan fingerprint density at radius 1 is 0.955 bits per heavy atom. The Balaban J connectivity index is 2.20. The minimum atomic E-state index is -0.0549. The SMILES string of the molecule is CC(C)(C)P(C1CCCC1C=Nc1ccccc1)C(C)(C)C. The minimum Gasteiger partial charge on any atom is -0.261 e. The van der Waals surface area contributed by atoms with Crippen LogP contribution in [0.4, 0.5) is 5.69 Å². The zero-order valence-electron chi connectivity index (χ0n) is 15.1. The molecule has 22 heavy (non-hydrogen) atoms. The van der Waals surface area contributed by atoms with Gasteiger partial charge in [-0.1, -0.05) is 74.1 Å². The second-order valence-corrected chi connectivity index (χ2v) is 12.6. The van der Waals surface area contributed by atoms with Crippen molar-refractivity contribution in [2.24, 2.45) is 10.9 Å². The Bertz CT molecular complexity index is 479. The van der Waals surface area contributed by atoms with Crippen LogP contribution in [-0.2, 0) is 0 Å². The smallest absolute Gasteiger partial charge is 0.0625 e. The van der Waals surface area contributed by atoms with Crippen molar-refractivity contribution >= 4 is 19.8 Å². The van der Waals surface area contributed by atoms with Crippen molar-refractivity contribution in [3.05, 3.63) is 30.3 Å². The molecule has 1 aromatic rings. The van der Waals surface area contributed by atoms with Gasteiger partial charge in [0.2, 0.25) is 0 Å². The molecule has 1 fully saturated rings. The highest BCUT2D eigenvalue weighted by Crippen LogP contribution is 2.66. The second-order valence-electron chi connectivity index (χ2n) is 8.49. The van der Waals surface area contributed by atoms with E-state index in [1.54, 1.807) is 0 Å². The number of benzene rings is 1. The molecule has 1 aliphatic carbocycles. The molecule has 2 unspecified atom stereocenters. The molecule has 2 rings (SSSR count). The average molecular weight is 317 g/mol. The molecule has 0 N–H and O–H groups in total. The summed E-state index contributed by atoms with van der Waals surface area (Å²) in [4.78, 5) is 4.77. The van der Waals surface area contributed by atoms with Crippen LogP contribution in [0.1, 0.15) is 60.8 Å². The predicted molar refractivity (Wildman–Crippen MR) is 102 cm³/mol. The fraction of sp³-hybridized carbons (Fsp3) is 0.650. The summed E-state index contributed by atoms with van der Waals surface area (Å²) in [6, 6.07) is 10.4. The Labute approximate surface area is 138 Å². The van der Waals surface area contributed by atoms with Gasteiger partial charge >= 0.3 is 0 Å². The van der Waals surface area contributed by atoms with E-state index in [1.807, 2.05) is 0 Å². The summed E-state index contributed by atoms with van der Waals surface area (Å²) in [6.07, 6.45) is 6.32. The predicted octanol–water partition coefficient (Wildman–Crippen LogP) is 6.64. The van der Waals surface area contributed by atoms with Gasteiger partial charge in [0, 0.05) is 12.1 Å². The average Bonchev–Trinajstić information content (AvgIpc) is 2.82. The van der Waals surface area contributed by atoms with Gasteiger partial charge in [0.1, 0.15) is 0 Å². The van der Waals surface area contributed by atoms with Crippen molar-refractivity contribution in [2.45, 2.75) is 76.8 Å². The van der Waals surface area contributed by atoms with Crippen LogP contribution < -0.4 is 0 Å². The van der Waals surface area contributed by atoms with E-state index in [9.17, 15) is 0 Å². The molecule has 2 atom stereocenters. The van der Waals surface area contributed by atoms with Gasteiger partial charge in [-0.3, -0.25) is 4.99 Å². The maximum Gasteiger partial charge on any atom is 0.0625 e. The monoisotopic (exact) mass is 317 g/mol. The highest BCUT2D eigenvalue weighted by molar-refractivity contribution is 7.61. The van der Waals surface area contributed by atoms with Gasteiger partial charge in [-0.25, -0.2) is 0 Å². The van der Waals surface area contributed by atoms with Gasteiger partial charge < -0.3 is 0 Å². The molecular weight excluding hydrogens is 285 g/mol. The minimum absolute atomic E-state index is 0.0549. The van der Waals surface area contributed by atoms with Gasteiger partial charge in [0.15, 0.2) is 0 Å². The topological polar surface area (TPSA) is 12.4 Å². The Kier molecular flexibility index (Phi) is 5.49. The third kappa shape index (κ3) is 4.42. The third-order valence-corrected chi connectivity index (χ3v) is 8.68. The maximum atomic E-state index is 4.77.